The molecule has 0 unspecified atom stereocenters. The van der Waals surface area contributed by atoms with E-state index in [4.69, 9.17) is 0 Å². The Morgan fingerprint density at radius 3 is 2.60 bits per heavy atom. The number of para-hydroxylation sites is 1. The zero-order valence-electron chi connectivity index (χ0n) is 14.5. The van der Waals surface area contributed by atoms with Crippen LogP contribution in [-0.2, 0) is 11.3 Å². The lowest BCUT2D eigenvalue weighted by Gasteiger charge is -2.35. The lowest BCUT2D eigenvalue weighted by molar-refractivity contribution is 0.0594. The maximum Gasteiger partial charge on any atom is 0.357 e. The summed E-state index contributed by atoms with van der Waals surface area (Å²) < 4.78 is 18.4. The van der Waals surface area contributed by atoms with Crippen LogP contribution in [0.4, 0.5) is 14.9 Å². The van der Waals surface area contributed by atoms with Crippen molar-refractivity contribution in [2.24, 2.45) is 0 Å². The van der Waals surface area contributed by atoms with Crippen LogP contribution in [0, 0.1) is 5.82 Å². The number of halogens is 1. The number of anilines is 1. The highest BCUT2D eigenvalue weighted by Crippen LogP contribution is 2.22. The van der Waals surface area contributed by atoms with Crippen molar-refractivity contribution in [1.29, 1.82) is 0 Å². The van der Waals surface area contributed by atoms with E-state index >= 15 is 0 Å². The number of aromatic nitrogens is 1. The van der Waals surface area contributed by atoms with Crippen molar-refractivity contribution in [3.8, 4) is 0 Å². The van der Waals surface area contributed by atoms with Crippen LogP contribution in [0.25, 0.3) is 0 Å². The fraction of sp³-hybridized carbons (Fsp3) is 0.353. The van der Waals surface area contributed by atoms with Crippen LogP contribution in [0.1, 0.15) is 36.3 Å². The Hall–Kier alpha value is -2.48. The SMILES string of the molecule is COC(=O)c1csc(CN(C(=O)Nc2ccccc2F)C(C)(C)C)n1. The number of urea groups is 1. The Labute approximate surface area is 149 Å². The summed E-state index contributed by atoms with van der Waals surface area (Å²) in [6, 6.07) is 5.51. The van der Waals surface area contributed by atoms with E-state index in [2.05, 4.69) is 15.0 Å². The average Bonchev–Trinajstić information content (AvgIpc) is 3.01. The molecule has 1 heterocycles. The predicted octanol–water partition coefficient (Wildman–Crippen LogP) is 3.90. The fourth-order valence-corrected chi connectivity index (χ4v) is 2.83. The number of ether oxygens (including phenoxy) is 1. The third kappa shape index (κ3) is 4.76. The fourth-order valence-electron chi connectivity index (χ4n) is 2.08. The molecule has 0 atom stereocenters. The van der Waals surface area contributed by atoms with Crippen molar-refractivity contribution in [3.63, 3.8) is 0 Å². The van der Waals surface area contributed by atoms with E-state index in [1.54, 1.807) is 17.5 Å². The van der Waals surface area contributed by atoms with Crippen LogP contribution in [0.15, 0.2) is 29.6 Å². The van der Waals surface area contributed by atoms with Crippen LogP contribution in [0.5, 0.6) is 0 Å². The number of benzene rings is 1. The van der Waals surface area contributed by atoms with Gasteiger partial charge in [-0.15, -0.1) is 11.3 Å². The van der Waals surface area contributed by atoms with Gasteiger partial charge in [0.15, 0.2) is 5.69 Å². The lowest BCUT2D eigenvalue weighted by atomic mass is 10.1. The molecule has 0 saturated carbocycles. The van der Waals surface area contributed by atoms with E-state index in [9.17, 15) is 14.0 Å². The zero-order chi connectivity index (χ0) is 18.6. The Morgan fingerprint density at radius 2 is 2.00 bits per heavy atom. The van der Waals surface area contributed by atoms with Crippen molar-refractivity contribution >= 4 is 29.0 Å². The van der Waals surface area contributed by atoms with Crippen molar-refractivity contribution in [3.05, 3.63) is 46.2 Å². The number of carbonyl (C=O) groups excluding carboxylic acids is 2. The summed E-state index contributed by atoms with van der Waals surface area (Å²) in [4.78, 5) is 29.9. The minimum Gasteiger partial charge on any atom is -0.464 e. The summed E-state index contributed by atoms with van der Waals surface area (Å²) in [5, 5.41) is 4.74. The molecule has 8 heteroatoms. The maximum atomic E-state index is 13.8. The van der Waals surface area contributed by atoms with E-state index in [1.807, 2.05) is 20.8 Å². The monoisotopic (exact) mass is 365 g/mol. The Balaban J connectivity index is 2.19. The third-order valence-electron chi connectivity index (χ3n) is 3.41. The molecular weight excluding hydrogens is 345 g/mol. The van der Waals surface area contributed by atoms with Crippen molar-refractivity contribution in [2.75, 3.05) is 12.4 Å². The molecule has 2 aromatic rings. The van der Waals surface area contributed by atoms with Gasteiger partial charge < -0.3 is 15.0 Å². The summed E-state index contributed by atoms with van der Waals surface area (Å²) in [6.07, 6.45) is 0. The number of methoxy groups -OCH3 is 1. The molecular formula is C17H20FN3O3S. The van der Waals surface area contributed by atoms with E-state index in [0.717, 1.165) is 0 Å². The molecule has 2 amide bonds. The molecule has 0 aliphatic heterocycles. The van der Waals surface area contributed by atoms with Gasteiger partial charge in [0.25, 0.3) is 0 Å². The number of hydrogen-bond donors (Lipinski definition) is 1. The van der Waals surface area contributed by atoms with Crippen LogP contribution in [-0.4, -0.2) is 34.5 Å². The number of nitrogens with one attached hydrogen (secondary N) is 1. The highest BCUT2D eigenvalue weighted by Gasteiger charge is 2.28. The first-order valence-corrected chi connectivity index (χ1v) is 8.46. The number of esters is 1. The molecule has 0 saturated heterocycles. The molecule has 0 spiro atoms. The van der Waals surface area contributed by atoms with Gasteiger partial charge in [-0.1, -0.05) is 12.1 Å². The smallest absolute Gasteiger partial charge is 0.357 e. The number of thiazole rings is 1. The molecule has 0 aliphatic carbocycles. The second-order valence-corrected chi connectivity index (χ2v) is 7.23. The van der Waals surface area contributed by atoms with Crippen LogP contribution in [0.3, 0.4) is 0 Å². The molecule has 134 valence electrons. The summed E-state index contributed by atoms with van der Waals surface area (Å²) in [5.41, 5.74) is -0.228. The van der Waals surface area contributed by atoms with E-state index in [0.29, 0.717) is 5.01 Å². The first kappa shape index (κ1) is 18.9. The molecule has 6 nitrogen and oxygen atoms in total. The van der Waals surface area contributed by atoms with Gasteiger partial charge in [-0.3, -0.25) is 0 Å². The highest BCUT2D eigenvalue weighted by molar-refractivity contribution is 7.09. The summed E-state index contributed by atoms with van der Waals surface area (Å²) >= 11 is 1.26. The normalized spacial score (nSPS) is 11.1. The largest absolute Gasteiger partial charge is 0.464 e. The molecule has 1 aromatic heterocycles. The van der Waals surface area contributed by atoms with Crippen LogP contribution >= 0.6 is 11.3 Å². The number of carbonyl (C=O) groups is 2. The maximum absolute atomic E-state index is 13.8. The standard InChI is InChI=1S/C17H20FN3O3S/c1-17(2,3)21(9-14-19-13(10-25-14)15(22)24-4)16(23)20-12-8-6-5-7-11(12)18/h5-8,10H,9H2,1-4H3,(H,20,23). The summed E-state index contributed by atoms with van der Waals surface area (Å²) in [5.74, 6) is -1.03. The zero-order valence-corrected chi connectivity index (χ0v) is 15.3. The van der Waals surface area contributed by atoms with Gasteiger partial charge in [-0.25, -0.2) is 19.0 Å². The van der Waals surface area contributed by atoms with Gasteiger partial charge in [0.1, 0.15) is 10.8 Å². The highest BCUT2D eigenvalue weighted by atomic mass is 32.1. The first-order chi connectivity index (χ1) is 11.7. The molecule has 25 heavy (non-hydrogen) atoms. The Bertz CT molecular complexity index is 770. The van der Waals surface area contributed by atoms with Crippen molar-refractivity contribution in [1.82, 2.24) is 9.88 Å². The quantitative estimate of drug-likeness (QED) is 0.834. The van der Waals surface area contributed by atoms with Gasteiger partial charge in [0.05, 0.1) is 19.3 Å². The first-order valence-electron chi connectivity index (χ1n) is 7.58. The number of amides is 2. The molecule has 1 N–H and O–H groups in total. The van der Waals surface area contributed by atoms with Crippen LogP contribution in [0.2, 0.25) is 0 Å². The van der Waals surface area contributed by atoms with E-state index < -0.39 is 23.4 Å². The Morgan fingerprint density at radius 1 is 1.32 bits per heavy atom. The molecule has 0 bridgehead atoms. The van der Waals surface area contributed by atoms with Gasteiger partial charge in [-0.2, -0.15) is 0 Å². The second-order valence-electron chi connectivity index (χ2n) is 6.29. The van der Waals surface area contributed by atoms with Crippen molar-refractivity contribution < 1.29 is 18.7 Å². The molecule has 2 rings (SSSR count). The minimum atomic E-state index is -0.535. The number of nitrogens with zero attached hydrogens (tertiary/aromatic N) is 2. The predicted molar refractivity (Wildman–Crippen MR) is 94.2 cm³/mol. The van der Waals surface area contributed by atoms with Gasteiger partial charge in [-0.05, 0) is 32.9 Å². The van der Waals surface area contributed by atoms with Crippen molar-refractivity contribution in [2.45, 2.75) is 32.9 Å². The topological polar surface area (TPSA) is 71.5 Å². The third-order valence-corrected chi connectivity index (χ3v) is 4.24. The lowest BCUT2D eigenvalue weighted by Crippen LogP contribution is -2.47. The molecule has 1 aromatic carbocycles. The number of rotatable bonds is 4. The van der Waals surface area contributed by atoms with E-state index in [-0.39, 0.29) is 17.9 Å². The molecule has 0 radical (unpaired) electrons. The van der Waals surface area contributed by atoms with Gasteiger partial charge in [0, 0.05) is 10.9 Å². The number of hydrogen-bond acceptors (Lipinski definition) is 5. The molecule has 0 aliphatic rings. The average molecular weight is 365 g/mol. The van der Waals surface area contributed by atoms with Crippen LogP contribution < -0.4 is 5.32 Å². The van der Waals surface area contributed by atoms with Gasteiger partial charge >= 0.3 is 12.0 Å². The second kappa shape index (κ2) is 7.60. The van der Waals surface area contributed by atoms with Gasteiger partial charge in [0.2, 0.25) is 0 Å². The Kier molecular flexibility index (Phi) is 5.73. The van der Waals surface area contributed by atoms with E-state index in [1.165, 1.54) is 35.5 Å². The summed E-state index contributed by atoms with van der Waals surface area (Å²) in [7, 11) is 1.28. The summed E-state index contributed by atoms with van der Waals surface area (Å²) in [6.45, 7) is 5.78. The minimum absolute atomic E-state index is 0.108. The molecule has 0 fully saturated rings.